The molecule has 0 saturated carbocycles. The molecular formula is C17H15Cl2N5O3. The van der Waals surface area contributed by atoms with Gasteiger partial charge in [0.15, 0.2) is 0 Å². The zero-order valence-electron chi connectivity index (χ0n) is 14.4. The summed E-state index contributed by atoms with van der Waals surface area (Å²) < 4.78 is 6.34. The molecule has 3 aromatic rings. The molecule has 140 valence electrons. The molecule has 0 aliphatic rings. The third-order valence-corrected chi connectivity index (χ3v) is 4.44. The number of anilines is 1. The highest BCUT2D eigenvalue weighted by atomic mass is 35.5. The Kier molecular flexibility index (Phi) is 5.48. The van der Waals surface area contributed by atoms with Crippen LogP contribution in [-0.4, -0.2) is 38.5 Å². The number of esters is 1. The van der Waals surface area contributed by atoms with Crippen LogP contribution in [0, 0.1) is 0 Å². The van der Waals surface area contributed by atoms with Gasteiger partial charge >= 0.3 is 5.97 Å². The Morgan fingerprint density at radius 1 is 1.26 bits per heavy atom. The van der Waals surface area contributed by atoms with Crippen LogP contribution in [0.3, 0.4) is 0 Å². The van der Waals surface area contributed by atoms with Gasteiger partial charge in [-0.1, -0.05) is 29.3 Å². The first kappa shape index (κ1) is 18.9. The number of nitrogens with zero attached hydrogens (tertiary/aromatic N) is 3. The van der Waals surface area contributed by atoms with E-state index in [1.165, 1.54) is 10.9 Å². The zero-order chi connectivity index (χ0) is 19.6. The molecule has 3 rings (SSSR count). The van der Waals surface area contributed by atoms with Crippen molar-refractivity contribution in [1.29, 1.82) is 0 Å². The molecule has 8 nitrogen and oxygen atoms in total. The summed E-state index contributed by atoms with van der Waals surface area (Å²) in [6, 6.07) is 6.61. The van der Waals surface area contributed by atoms with Crippen LogP contribution in [0.2, 0.25) is 10.0 Å². The van der Waals surface area contributed by atoms with Crippen molar-refractivity contribution in [2.24, 2.45) is 7.05 Å². The number of carbonyl (C=O) groups excluding carboxylic acids is 2. The van der Waals surface area contributed by atoms with Gasteiger partial charge in [-0.15, -0.1) is 0 Å². The maximum Gasteiger partial charge on any atom is 0.343 e. The van der Waals surface area contributed by atoms with Gasteiger partial charge in [-0.2, -0.15) is 10.2 Å². The van der Waals surface area contributed by atoms with E-state index in [9.17, 15) is 9.59 Å². The first-order valence-electron chi connectivity index (χ1n) is 7.92. The molecule has 0 aliphatic carbocycles. The fourth-order valence-corrected chi connectivity index (χ4v) is 2.66. The summed E-state index contributed by atoms with van der Waals surface area (Å²) in [6.07, 6.45) is 1.34. The molecule has 2 heterocycles. The van der Waals surface area contributed by atoms with Crippen molar-refractivity contribution in [1.82, 2.24) is 20.0 Å². The Morgan fingerprint density at radius 2 is 2.04 bits per heavy atom. The fraction of sp³-hybridized carbons (Fsp3) is 0.176. The summed E-state index contributed by atoms with van der Waals surface area (Å²) in [7, 11) is 1.60. The molecule has 1 aromatic carbocycles. The number of ether oxygens (including phenoxy) is 1. The summed E-state index contributed by atoms with van der Waals surface area (Å²) in [6.45, 7) is 1.91. The minimum atomic E-state index is -0.568. The second kappa shape index (κ2) is 7.81. The number of benzene rings is 1. The maximum atomic E-state index is 12.5. The smallest absolute Gasteiger partial charge is 0.343 e. The molecule has 2 aromatic heterocycles. The van der Waals surface area contributed by atoms with E-state index < -0.39 is 11.9 Å². The van der Waals surface area contributed by atoms with E-state index in [0.29, 0.717) is 21.3 Å². The Bertz CT molecular complexity index is 1010. The van der Waals surface area contributed by atoms with Crippen LogP contribution in [0.15, 0.2) is 30.5 Å². The van der Waals surface area contributed by atoms with E-state index in [2.05, 4.69) is 20.6 Å². The number of halogens is 2. The van der Waals surface area contributed by atoms with Crippen LogP contribution < -0.4 is 5.32 Å². The van der Waals surface area contributed by atoms with Gasteiger partial charge in [0.2, 0.25) is 0 Å². The van der Waals surface area contributed by atoms with Crippen molar-refractivity contribution in [2.45, 2.75) is 6.92 Å². The van der Waals surface area contributed by atoms with Gasteiger partial charge in [0.25, 0.3) is 5.91 Å². The Labute approximate surface area is 164 Å². The minimum Gasteiger partial charge on any atom is -0.462 e. The summed E-state index contributed by atoms with van der Waals surface area (Å²) in [5, 5.41) is 14.2. The van der Waals surface area contributed by atoms with Gasteiger partial charge in [-0.3, -0.25) is 14.6 Å². The lowest BCUT2D eigenvalue weighted by atomic mass is 10.1. The van der Waals surface area contributed by atoms with Crippen LogP contribution in [0.5, 0.6) is 0 Å². The average molecular weight is 408 g/mol. The number of H-pyrrole nitrogens is 1. The van der Waals surface area contributed by atoms with E-state index in [4.69, 9.17) is 27.9 Å². The molecule has 0 saturated heterocycles. The third-order valence-electron chi connectivity index (χ3n) is 3.70. The van der Waals surface area contributed by atoms with Crippen molar-refractivity contribution in [2.75, 3.05) is 11.9 Å². The number of aryl methyl sites for hydroxylation is 1. The Hall–Kier alpha value is -2.84. The summed E-state index contributed by atoms with van der Waals surface area (Å²) in [5.74, 6) is -0.825. The normalized spacial score (nSPS) is 10.7. The molecule has 10 heteroatoms. The third kappa shape index (κ3) is 3.96. The van der Waals surface area contributed by atoms with Gasteiger partial charge in [0, 0.05) is 12.6 Å². The van der Waals surface area contributed by atoms with E-state index in [0.717, 1.165) is 0 Å². The van der Waals surface area contributed by atoms with Crippen LogP contribution in [-0.2, 0) is 11.8 Å². The number of hydrogen-bond donors (Lipinski definition) is 2. The van der Waals surface area contributed by atoms with Crippen LogP contribution in [0.25, 0.3) is 11.3 Å². The lowest BCUT2D eigenvalue weighted by molar-refractivity contribution is 0.0527. The molecule has 0 aliphatic heterocycles. The standard InChI is InChI=1S/C17H15Cl2N5O3/c1-3-27-17(26)10-8-20-24(2)15(10)21-16(25)14-7-13(22-23-14)9-4-5-11(18)12(19)6-9/h4-8H,3H2,1-2H3,(H,21,25)(H,22,23). The van der Waals surface area contributed by atoms with E-state index in [-0.39, 0.29) is 23.7 Å². The van der Waals surface area contributed by atoms with Crippen molar-refractivity contribution >= 4 is 40.9 Å². The first-order valence-corrected chi connectivity index (χ1v) is 8.67. The number of rotatable bonds is 5. The molecule has 0 radical (unpaired) electrons. The van der Waals surface area contributed by atoms with Crippen LogP contribution in [0.4, 0.5) is 5.82 Å². The quantitative estimate of drug-likeness (QED) is 0.629. The number of hydrogen-bond acceptors (Lipinski definition) is 5. The van der Waals surface area contributed by atoms with Crippen LogP contribution >= 0.6 is 23.2 Å². The Balaban J connectivity index is 1.82. The average Bonchev–Trinajstić information content (AvgIpc) is 3.26. The number of carbonyl (C=O) groups is 2. The van der Waals surface area contributed by atoms with Gasteiger partial charge in [0.05, 0.1) is 28.5 Å². The highest BCUT2D eigenvalue weighted by Crippen LogP contribution is 2.28. The van der Waals surface area contributed by atoms with Gasteiger partial charge in [-0.05, 0) is 25.1 Å². The number of aromatic nitrogens is 4. The van der Waals surface area contributed by atoms with Gasteiger partial charge < -0.3 is 10.1 Å². The van der Waals surface area contributed by atoms with E-state index in [1.54, 1.807) is 38.2 Å². The first-order chi connectivity index (χ1) is 12.9. The van der Waals surface area contributed by atoms with Crippen molar-refractivity contribution in [3.63, 3.8) is 0 Å². The number of aromatic amines is 1. The minimum absolute atomic E-state index is 0.164. The molecule has 2 N–H and O–H groups in total. The lowest BCUT2D eigenvalue weighted by Crippen LogP contribution is -2.18. The highest BCUT2D eigenvalue weighted by molar-refractivity contribution is 6.42. The monoisotopic (exact) mass is 407 g/mol. The summed E-state index contributed by atoms with van der Waals surface area (Å²) in [5.41, 5.74) is 1.59. The second-order valence-electron chi connectivity index (χ2n) is 5.50. The van der Waals surface area contributed by atoms with Crippen LogP contribution in [0.1, 0.15) is 27.8 Å². The fourth-order valence-electron chi connectivity index (χ4n) is 2.36. The number of nitrogens with one attached hydrogen (secondary N) is 2. The van der Waals surface area contributed by atoms with Crippen molar-refractivity contribution in [3.05, 3.63) is 51.8 Å². The molecule has 0 bridgehead atoms. The topological polar surface area (TPSA) is 102 Å². The van der Waals surface area contributed by atoms with Gasteiger partial charge in [-0.25, -0.2) is 4.79 Å². The van der Waals surface area contributed by atoms with E-state index >= 15 is 0 Å². The molecular weight excluding hydrogens is 393 g/mol. The van der Waals surface area contributed by atoms with E-state index in [1.807, 2.05) is 0 Å². The molecule has 27 heavy (non-hydrogen) atoms. The summed E-state index contributed by atoms with van der Waals surface area (Å²) >= 11 is 11.9. The number of amides is 1. The lowest BCUT2D eigenvalue weighted by Gasteiger charge is -2.07. The molecule has 0 atom stereocenters. The molecule has 0 unspecified atom stereocenters. The maximum absolute atomic E-state index is 12.5. The zero-order valence-corrected chi connectivity index (χ0v) is 15.9. The SMILES string of the molecule is CCOC(=O)c1cnn(C)c1NC(=O)c1cc(-c2ccc(Cl)c(Cl)c2)n[nH]1. The predicted molar refractivity (Wildman–Crippen MR) is 101 cm³/mol. The largest absolute Gasteiger partial charge is 0.462 e. The predicted octanol–water partition coefficient (Wildman–Crippen LogP) is 3.55. The highest BCUT2D eigenvalue weighted by Gasteiger charge is 2.21. The Morgan fingerprint density at radius 3 is 2.74 bits per heavy atom. The summed E-state index contributed by atoms with van der Waals surface area (Å²) in [4.78, 5) is 24.5. The molecule has 1 amide bonds. The van der Waals surface area contributed by atoms with Gasteiger partial charge in [0.1, 0.15) is 17.1 Å². The van der Waals surface area contributed by atoms with Crippen molar-refractivity contribution in [3.8, 4) is 11.3 Å². The second-order valence-corrected chi connectivity index (χ2v) is 6.32. The molecule has 0 fully saturated rings. The molecule has 0 spiro atoms. The van der Waals surface area contributed by atoms with Crippen molar-refractivity contribution < 1.29 is 14.3 Å².